The van der Waals surface area contributed by atoms with Gasteiger partial charge in [-0.3, -0.25) is 4.79 Å². The van der Waals surface area contributed by atoms with Crippen LogP contribution < -0.4 is 4.74 Å². The smallest absolute Gasteiger partial charge is 0.235 e. The van der Waals surface area contributed by atoms with Crippen molar-refractivity contribution in [3.05, 3.63) is 29.8 Å². The Morgan fingerprint density at radius 1 is 1.32 bits per heavy atom. The lowest BCUT2D eigenvalue weighted by molar-refractivity contribution is -0.134. The quantitative estimate of drug-likeness (QED) is 0.539. The molecule has 1 spiro atoms. The van der Waals surface area contributed by atoms with E-state index in [2.05, 4.69) is 53.5 Å². The van der Waals surface area contributed by atoms with Crippen LogP contribution in [0.1, 0.15) is 38.7 Å². The first-order valence-electron chi connectivity index (χ1n) is 8.12. The van der Waals surface area contributed by atoms with E-state index in [1.807, 2.05) is 12.1 Å². The molecule has 1 saturated heterocycles. The van der Waals surface area contributed by atoms with Crippen molar-refractivity contribution in [2.75, 3.05) is 13.2 Å². The van der Waals surface area contributed by atoms with Crippen LogP contribution in [0.25, 0.3) is 0 Å². The zero-order valence-electron chi connectivity index (χ0n) is 13.3. The predicted octanol–water partition coefficient (Wildman–Crippen LogP) is 4.04. The second-order valence-corrected chi connectivity index (χ2v) is 8.72. The van der Waals surface area contributed by atoms with Crippen molar-refractivity contribution >= 4 is 28.5 Å². The molecule has 3 rings (SSSR count). The van der Waals surface area contributed by atoms with E-state index in [9.17, 15) is 4.79 Å². The van der Waals surface area contributed by atoms with Crippen LogP contribution in [0, 0.1) is 11.3 Å². The number of likely N-dealkylation sites (tertiary alicyclic amines) is 1. The molecule has 120 valence electrons. The first-order valence-corrected chi connectivity index (χ1v) is 9.37. The lowest BCUT2D eigenvalue weighted by atomic mass is 9.94. The summed E-state index contributed by atoms with van der Waals surface area (Å²) in [4.78, 5) is 14.4. The highest BCUT2D eigenvalue weighted by Crippen LogP contribution is 2.53. The Morgan fingerprint density at radius 2 is 2.00 bits per heavy atom. The van der Waals surface area contributed by atoms with Crippen LogP contribution in [-0.2, 0) is 11.3 Å². The minimum Gasteiger partial charge on any atom is -0.493 e. The summed E-state index contributed by atoms with van der Waals surface area (Å²) in [5.41, 5.74) is 1.63. The molecule has 1 unspecified atom stereocenters. The van der Waals surface area contributed by atoms with Gasteiger partial charge in [0.15, 0.2) is 0 Å². The van der Waals surface area contributed by atoms with Crippen molar-refractivity contribution in [2.45, 2.75) is 43.6 Å². The lowest BCUT2D eigenvalue weighted by Gasteiger charge is -2.35. The van der Waals surface area contributed by atoms with E-state index in [4.69, 9.17) is 4.74 Å². The molecule has 1 heterocycles. The number of carbonyl (C=O) groups is 1. The molecule has 3 nitrogen and oxygen atoms in total. The van der Waals surface area contributed by atoms with E-state index in [1.54, 1.807) is 0 Å². The Labute approximate surface area is 146 Å². The number of carbonyl (C=O) groups excluding carboxylic acids is 1. The molecule has 2 aliphatic rings. The summed E-state index contributed by atoms with van der Waals surface area (Å²) in [6.45, 7) is 6.69. The first-order chi connectivity index (χ1) is 10.5. The highest BCUT2D eigenvalue weighted by molar-refractivity contribution is 14.1. The molecule has 1 aliphatic heterocycles. The molecule has 4 heteroatoms. The predicted molar refractivity (Wildman–Crippen MR) is 96.3 cm³/mol. The topological polar surface area (TPSA) is 29.5 Å². The van der Waals surface area contributed by atoms with Crippen LogP contribution in [0.3, 0.4) is 0 Å². The number of alkyl halides is 1. The van der Waals surface area contributed by atoms with Crippen LogP contribution in [0.5, 0.6) is 5.75 Å². The van der Waals surface area contributed by atoms with Gasteiger partial charge in [0.2, 0.25) is 5.91 Å². The maximum absolute atomic E-state index is 12.4. The van der Waals surface area contributed by atoms with Crippen LogP contribution in [0.15, 0.2) is 24.3 Å². The largest absolute Gasteiger partial charge is 0.493 e. The number of piperidine rings is 1. The molecule has 0 aromatic heterocycles. The van der Waals surface area contributed by atoms with Crippen molar-refractivity contribution in [1.29, 1.82) is 0 Å². The fourth-order valence-electron chi connectivity index (χ4n) is 3.06. The van der Waals surface area contributed by atoms with Gasteiger partial charge in [-0.25, -0.2) is 0 Å². The minimum absolute atomic E-state index is 0.155. The molecule has 1 saturated carbocycles. The molecule has 22 heavy (non-hydrogen) atoms. The Balaban J connectivity index is 1.61. The first kappa shape index (κ1) is 16.1. The highest BCUT2D eigenvalue weighted by atomic mass is 127. The molecule has 0 N–H and O–H groups in total. The number of halogens is 1. The fourth-order valence-corrected chi connectivity index (χ4v) is 4.39. The molecule has 1 aromatic carbocycles. The van der Waals surface area contributed by atoms with E-state index in [0.29, 0.717) is 17.2 Å². The summed E-state index contributed by atoms with van der Waals surface area (Å²) in [5, 5.41) is 0. The van der Waals surface area contributed by atoms with Gasteiger partial charge in [-0.1, -0.05) is 48.6 Å². The van der Waals surface area contributed by atoms with Gasteiger partial charge in [-0.2, -0.15) is 0 Å². The Bertz CT molecular complexity index is 537. The van der Waals surface area contributed by atoms with Crippen LogP contribution in [-0.4, -0.2) is 27.9 Å². The second kappa shape index (κ2) is 6.38. The van der Waals surface area contributed by atoms with Gasteiger partial charge in [-0.05, 0) is 48.3 Å². The Kier molecular flexibility index (Phi) is 4.67. The summed E-state index contributed by atoms with van der Waals surface area (Å²) in [6.07, 6.45) is 3.65. The summed E-state index contributed by atoms with van der Waals surface area (Å²) >= 11 is 2.32. The van der Waals surface area contributed by atoms with Crippen molar-refractivity contribution in [1.82, 2.24) is 4.90 Å². The maximum Gasteiger partial charge on any atom is 0.235 e. The van der Waals surface area contributed by atoms with E-state index in [-0.39, 0.29) is 3.92 Å². The number of hydrogen-bond acceptors (Lipinski definition) is 2. The van der Waals surface area contributed by atoms with Gasteiger partial charge in [0, 0.05) is 13.1 Å². The SMILES string of the molecule is CC(C)COc1ccc(CN2CC3(CC3)CC(I)C2=O)cc1. The zero-order chi connectivity index (χ0) is 15.7. The van der Waals surface area contributed by atoms with Gasteiger partial charge in [0.25, 0.3) is 0 Å². The number of hydrogen-bond donors (Lipinski definition) is 0. The Morgan fingerprint density at radius 3 is 2.59 bits per heavy atom. The molecular formula is C18H24INO2. The highest BCUT2D eigenvalue weighted by Gasteiger charge is 2.50. The van der Waals surface area contributed by atoms with Gasteiger partial charge >= 0.3 is 0 Å². The summed E-state index contributed by atoms with van der Waals surface area (Å²) < 4.78 is 5.87. The summed E-state index contributed by atoms with van der Waals surface area (Å²) in [6, 6.07) is 8.19. The summed E-state index contributed by atoms with van der Waals surface area (Å²) in [7, 11) is 0. The maximum atomic E-state index is 12.4. The third-order valence-electron chi connectivity index (χ3n) is 4.56. The molecule has 1 aliphatic carbocycles. The lowest BCUT2D eigenvalue weighted by Crippen LogP contribution is -2.46. The van der Waals surface area contributed by atoms with Gasteiger partial charge < -0.3 is 9.64 Å². The number of nitrogens with zero attached hydrogens (tertiary/aromatic N) is 1. The number of rotatable bonds is 5. The second-order valence-electron chi connectivity index (χ2n) is 7.21. The molecule has 1 amide bonds. The molecule has 2 fully saturated rings. The van der Waals surface area contributed by atoms with Gasteiger partial charge in [-0.15, -0.1) is 0 Å². The van der Waals surface area contributed by atoms with E-state index >= 15 is 0 Å². The minimum atomic E-state index is 0.155. The Hall–Kier alpha value is -0.780. The fraction of sp³-hybridized carbons (Fsp3) is 0.611. The van der Waals surface area contributed by atoms with E-state index < -0.39 is 0 Å². The molecule has 0 bridgehead atoms. The molecule has 1 aromatic rings. The van der Waals surface area contributed by atoms with Gasteiger partial charge in [0.05, 0.1) is 10.5 Å². The molecule has 0 radical (unpaired) electrons. The number of benzene rings is 1. The van der Waals surface area contributed by atoms with E-state index in [1.165, 1.54) is 18.4 Å². The molecular weight excluding hydrogens is 389 g/mol. The van der Waals surface area contributed by atoms with Crippen molar-refractivity contribution < 1.29 is 9.53 Å². The van der Waals surface area contributed by atoms with Crippen LogP contribution in [0.4, 0.5) is 0 Å². The average molecular weight is 413 g/mol. The zero-order valence-corrected chi connectivity index (χ0v) is 15.5. The van der Waals surface area contributed by atoms with Crippen molar-refractivity contribution in [3.8, 4) is 5.75 Å². The molecule has 1 atom stereocenters. The van der Waals surface area contributed by atoms with Crippen LogP contribution in [0.2, 0.25) is 0 Å². The van der Waals surface area contributed by atoms with Crippen molar-refractivity contribution in [2.24, 2.45) is 11.3 Å². The number of amides is 1. The third-order valence-corrected chi connectivity index (χ3v) is 5.53. The van der Waals surface area contributed by atoms with E-state index in [0.717, 1.165) is 31.9 Å². The third kappa shape index (κ3) is 3.76. The van der Waals surface area contributed by atoms with Crippen LogP contribution >= 0.6 is 22.6 Å². The normalized spacial score (nSPS) is 23.2. The van der Waals surface area contributed by atoms with Crippen molar-refractivity contribution in [3.63, 3.8) is 0 Å². The monoisotopic (exact) mass is 413 g/mol. The summed E-state index contributed by atoms with van der Waals surface area (Å²) in [5.74, 6) is 1.74. The van der Waals surface area contributed by atoms with Gasteiger partial charge in [0.1, 0.15) is 5.75 Å². The number of ether oxygens (including phenoxy) is 1. The average Bonchev–Trinajstić information content (AvgIpc) is 3.22. The standard InChI is InChI=1S/C18H24INO2/c1-13(2)11-22-15-5-3-14(4-6-15)10-20-12-18(7-8-18)9-16(19)17(20)21/h3-6,13,16H,7-12H2,1-2H3.